The molecule has 1 amide bonds. The molecule has 2 N–H and O–H groups in total. The van der Waals surface area contributed by atoms with Gasteiger partial charge in [0.1, 0.15) is 5.60 Å². The highest BCUT2D eigenvalue weighted by Gasteiger charge is 2.16. The molecular formula is C14H30N2O4. The third-order valence-corrected chi connectivity index (χ3v) is 2.34. The Morgan fingerprint density at radius 1 is 1.20 bits per heavy atom. The molecule has 0 aromatic rings. The molecule has 120 valence electrons. The van der Waals surface area contributed by atoms with Crippen LogP contribution >= 0.6 is 0 Å². The van der Waals surface area contributed by atoms with E-state index < -0.39 is 5.60 Å². The van der Waals surface area contributed by atoms with Crippen molar-refractivity contribution in [1.29, 1.82) is 0 Å². The molecule has 1 atom stereocenters. The van der Waals surface area contributed by atoms with E-state index in [0.717, 1.165) is 13.0 Å². The summed E-state index contributed by atoms with van der Waals surface area (Å²) in [5.41, 5.74) is -0.458. The van der Waals surface area contributed by atoms with Crippen molar-refractivity contribution < 1.29 is 19.0 Å². The van der Waals surface area contributed by atoms with Gasteiger partial charge >= 0.3 is 6.09 Å². The summed E-state index contributed by atoms with van der Waals surface area (Å²) in [6, 6.07) is 0.196. The predicted octanol–water partition coefficient (Wildman–Crippen LogP) is 1.54. The van der Waals surface area contributed by atoms with Gasteiger partial charge < -0.3 is 24.8 Å². The fourth-order valence-electron chi connectivity index (χ4n) is 1.39. The molecule has 0 fully saturated rings. The maximum Gasteiger partial charge on any atom is 0.407 e. The zero-order chi connectivity index (χ0) is 15.4. The Labute approximate surface area is 122 Å². The lowest BCUT2D eigenvalue weighted by molar-refractivity contribution is 0.0522. The summed E-state index contributed by atoms with van der Waals surface area (Å²) in [5, 5.41) is 6.05. The zero-order valence-corrected chi connectivity index (χ0v) is 13.5. The van der Waals surface area contributed by atoms with Crippen LogP contribution in [-0.4, -0.2) is 57.8 Å². The molecule has 6 heteroatoms. The third kappa shape index (κ3) is 13.6. The molecule has 0 aromatic carbocycles. The van der Waals surface area contributed by atoms with Gasteiger partial charge in [0.2, 0.25) is 0 Å². The van der Waals surface area contributed by atoms with Gasteiger partial charge in [0.05, 0.1) is 13.2 Å². The second kappa shape index (κ2) is 10.9. The molecule has 1 unspecified atom stereocenters. The molecule has 0 saturated carbocycles. The van der Waals surface area contributed by atoms with Crippen LogP contribution in [0.15, 0.2) is 0 Å². The first-order chi connectivity index (χ1) is 9.35. The monoisotopic (exact) mass is 290 g/mol. The number of nitrogens with one attached hydrogen (secondary N) is 2. The number of amides is 1. The number of rotatable bonds is 10. The van der Waals surface area contributed by atoms with Crippen LogP contribution in [0.25, 0.3) is 0 Å². The number of ether oxygens (including phenoxy) is 3. The number of methoxy groups -OCH3 is 1. The Hall–Kier alpha value is -0.850. The summed E-state index contributed by atoms with van der Waals surface area (Å²) in [6.07, 6.45) is 0.551. The number of carbonyl (C=O) groups is 1. The van der Waals surface area contributed by atoms with Gasteiger partial charge in [-0.1, -0.05) is 0 Å². The molecule has 0 rings (SSSR count). The molecule has 0 aliphatic carbocycles. The van der Waals surface area contributed by atoms with Gasteiger partial charge in [0.15, 0.2) is 0 Å². The lowest BCUT2D eigenvalue weighted by Gasteiger charge is -2.21. The van der Waals surface area contributed by atoms with Crippen LogP contribution in [0.5, 0.6) is 0 Å². The maximum absolute atomic E-state index is 11.4. The standard InChI is InChI=1S/C14H30N2O4/c1-12(11-16-13(17)20-14(2,3)4)15-7-6-8-19-10-9-18-5/h12,15H,6-11H2,1-5H3,(H,16,17). The van der Waals surface area contributed by atoms with Gasteiger partial charge in [0.25, 0.3) is 0 Å². The summed E-state index contributed by atoms with van der Waals surface area (Å²) in [4.78, 5) is 11.4. The highest BCUT2D eigenvalue weighted by atomic mass is 16.6. The lowest BCUT2D eigenvalue weighted by atomic mass is 10.2. The van der Waals surface area contributed by atoms with Crippen LogP contribution in [0.1, 0.15) is 34.1 Å². The Bertz CT molecular complexity index is 254. The van der Waals surface area contributed by atoms with E-state index in [0.29, 0.717) is 26.4 Å². The highest BCUT2D eigenvalue weighted by Crippen LogP contribution is 2.06. The summed E-state index contributed by atoms with van der Waals surface area (Å²) in [7, 11) is 1.66. The Balaban J connectivity index is 3.45. The minimum Gasteiger partial charge on any atom is -0.444 e. The molecule has 6 nitrogen and oxygen atoms in total. The largest absolute Gasteiger partial charge is 0.444 e. The number of hydrogen-bond acceptors (Lipinski definition) is 5. The van der Waals surface area contributed by atoms with Gasteiger partial charge in [-0.05, 0) is 40.7 Å². The fourth-order valence-corrected chi connectivity index (χ4v) is 1.39. The first kappa shape index (κ1) is 19.1. The minimum atomic E-state index is -0.458. The van der Waals surface area contributed by atoms with Crippen molar-refractivity contribution in [2.75, 3.05) is 40.0 Å². The molecule has 20 heavy (non-hydrogen) atoms. The van der Waals surface area contributed by atoms with E-state index in [1.165, 1.54) is 0 Å². The van der Waals surface area contributed by atoms with Crippen LogP contribution < -0.4 is 10.6 Å². The van der Waals surface area contributed by atoms with E-state index in [-0.39, 0.29) is 12.1 Å². The molecule has 0 heterocycles. The summed E-state index contributed by atoms with van der Waals surface area (Å²) in [6.45, 7) is 10.9. The van der Waals surface area contributed by atoms with E-state index in [1.54, 1.807) is 7.11 Å². The van der Waals surface area contributed by atoms with Crippen molar-refractivity contribution >= 4 is 6.09 Å². The summed E-state index contributed by atoms with van der Waals surface area (Å²) in [5.74, 6) is 0. The topological polar surface area (TPSA) is 68.8 Å². The molecule has 0 aliphatic rings. The first-order valence-electron chi connectivity index (χ1n) is 7.12. The highest BCUT2D eigenvalue weighted by molar-refractivity contribution is 5.67. The second-order valence-corrected chi connectivity index (χ2v) is 5.70. The van der Waals surface area contributed by atoms with E-state index in [1.807, 2.05) is 27.7 Å². The molecule has 0 spiro atoms. The molecule has 0 aromatic heterocycles. The first-order valence-corrected chi connectivity index (χ1v) is 7.12. The zero-order valence-electron chi connectivity index (χ0n) is 13.5. The van der Waals surface area contributed by atoms with Crippen LogP contribution in [0.3, 0.4) is 0 Å². The normalized spacial score (nSPS) is 13.1. The molecule has 0 bridgehead atoms. The number of carbonyl (C=O) groups excluding carboxylic acids is 1. The van der Waals surface area contributed by atoms with Crippen LogP contribution in [0.4, 0.5) is 4.79 Å². The Kier molecular flexibility index (Phi) is 10.4. The van der Waals surface area contributed by atoms with E-state index in [4.69, 9.17) is 14.2 Å². The van der Waals surface area contributed by atoms with Crippen molar-refractivity contribution in [1.82, 2.24) is 10.6 Å². The maximum atomic E-state index is 11.4. The average molecular weight is 290 g/mol. The quantitative estimate of drug-likeness (QED) is 0.597. The van der Waals surface area contributed by atoms with E-state index >= 15 is 0 Å². The summed E-state index contributed by atoms with van der Waals surface area (Å²) < 4.78 is 15.4. The smallest absolute Gasteiger partial charge is 0.407 e. The molecular weight excluding hydrogens is 260 g/mol. The summed E-state index contributed by atoms with van der Waals surface area (Å²) >= 11 is 0. The van der Waals surface area contributed by atoms with Crippen molar-refractivity contribution in [3.05, 3.63) is 0 Å². The van der Waals surface area contributed by atoms with Crippen LogP contribution in [0.2, 0.25) is 0 Å². The van der Waals surface area contributed by atoms with Gasteiger partial charge in [-0.2, -0.15) is 0 Å². The molecule has 0 saturated heterocycles. The third-order valence-electron chi connectivity index (χ3n) is 2.34. The Morgan fingerprint density at radius 2 is 1.90 bits per heavy atom. The van der Waals surface area contributed by atoms with Crippen molar-refractivity contribution in [2.45, 2.75) is 45.8 Å². The molecule has 0 radical (unpaired) electrons. The SMILES string of the molecule is COCCOCCCNC(C)CNC(=O)OC(C)(C)C. The van der Waals surface area contributed by atoms with E-state index in [2.05, 4.69) is 10.6 Å². The minimum absolute atomic E-state index is 0.196. The van der Waals surface area contributed by atoms with Gasteiger partial charge in [-0.3, -0.25) is 0 Å². The average Bonchev–Trinajstić information content (AvgIpc) is 2.33. The number of hydrogen-bond donors (Lipinski definition) is 2. The van der Waals surface area contributed by atoms with Crippen molar-refractivity contribution in [3.8, 4) is 0 Å². The Morgan fingerprint density at radius 3 is 2.50 bits per heavy atom. The van der Waals surface area contributed by atoms with Crippen molar-refractivity contribution in [3.63, 3.8) is 0 Å². The fraction of sp³-hybridized carbons (Fsp3) is 0.929. The lowest BCUT2D eigenvalue weighted by Crippen LogP contribution is -2.41. The van der Waals surface area contributed by atoms with Gasteiger partial charge in [-0.15, -0.1) is 0 Å². The van der Waals surface area contributed by atoms with Gasteiger partial charge in [0, 0.05) is 26.3 Å². The van der Waals surface area contributed by atoms with Crippen LogP contribution in [0, 0.1) is 0 Å². The number of alkyl carbamates (subject to hydrolysis) is 1. The van der Waals surface area contributed by atoms with Gasteiger partial charge in [-0.25, -0.2) is 4.79 Å². The van der Waals surface area contributed by atoms with Crippen LogP contribution in [-0.2, 0) is 14.2 Å². The van der Waals surface area contributed by atoms with Crippen molar-refractivity contribution in [2.24, 2.45) is 0 Å². The predicted molar refractivity (Wildman–Crippen MR) is 79.0 cm³/mol. The molecule has 0 aliphatic heterocycles. The van der Waals surface area contributed by atoms with E-state index in [9.17, 15) is 4.79 Å². The second-order valence-electron chi connectivity index (χ2n) is 5.70.